The highest BCUT2D eigenvalue weighted by atomic mass is 32.2. The fourth-order valence-corrected chi connectivity index (χ4v) is 3.48. The van der Waals surface area contributed by atoms with Crippen LogP contribution >= 0.6 is 0 Å². The molecule has 11 heteroatoms. The van der Waals surface area contributed by atoms with Crippen molar-refractivity contribution in [3.63, 3.8) is 0 Å². The molecule has 136 valence electrons. The van der Waals surface area contributed by atoms with E-state index in [0.717, 1.165) is 24.8 Å². The molecule has 0 aliphatic carbocycles. The molecule has 25 heavy (non-hydrogen) atoms. The molecule has 2 aromatic rings. The van der Waals surface area contributed by atoms with Gasteiger partial charge in [-0.05, 0) is 18.6 Å². The van der Waals surface area contributed by atoms with Gasteiger partial charge in [0.1, 0.15) is 11.5 Å². The fourth-order valence-electron chi connectivity index (χ4n) is 2.68. The molecule has 1 saturated heterocycles. The van der Waals surface area contributed by atoms with Gasteiger partial charge in [0.15, 0.2) is 12.2 Å². The van der Waals surface area contributed by atoms with E-state index in [1.807, 2.05) is 0 Å². The van der Waals surface area contributed by atoms with E-state index in [0.29, 0.717) is 13.0 Å². The molecule has 3 rings (SSSR count). The summed E-state index contributed by atoms with van der Waals surface area (Å²) in [4.78, 5) is 9.52. The Morgan fingerprint density at radius 1 is 1.36 bits per heavy atom. The standard InChI is InChI=1S/C14H15F3N4O3S/c1-25(22,23)20-10-2-3-21(7-10)13-5-9(14(15,16)17)4-11(19-13)12-6-18-8-24-12/h4-6,8,10,20H,2-3,7H2,1H3. The van der Waals surface area contributed by atoms with Crippen molar-refractivity contribution in [2.75, 3.05) is 24.2 Å². The van der Waals surface area contributed by atoms with Crippen LogP contribution < -0.4 is 9.62 Å². The molecule has 1 unspecified atom stereocenters. The Kier molecular flexibility index (Phi) is 4.45. The summed E-state index contributed by atoms with van der Waals surface area (Å²) in [5.74, 6) is 0.233. The quantitative estimate of drug-likeness (QED) is 0.877. The van der Waals surface area contributed by atoms with Crippen LogP contribution in [0.1, 0.15) is 12.0 Å². The third-order valence-corrected chi connectivity index (χ3v) is 4.48. The Bertz CT molecular complexity index is 853. The Balaban J connectivity index is 1.92. The monoisotopic (exact) mass is 376 g/mol. The maximum atomic E-state index is 13.2. The second-order valence-corrected chi connectivity index (χ2v) is 7.56. The number of aromatic nitrogens is 2. The van der Waals surface area contributed by atoms with Gasteiger partial charge in [-0.25, -0.2) is 23.1 Å². The molecule has 1 N–H and O–H groups in total. The highest BCUT2D eigenvalue weighted by Crippen LogP contribution is 2.34. The number of hydrogen-bond acceptors (Lipinski definition) is 6. The summed E-state index contributed by atoms with van der Waals surface area (Å²) in [5.41, 5.74) is -0.842. The molecular weight excluding hydrogens is 361 g/mol. The van der Waals surface area contributed by atoms with Gasteiger partial charge >= 0.3 is 6.18 Å². The lowest BCUT2D eigenvalue weighted by Gasteiger charge is -2.20. The first-order valence-electron chi connectivity index (χ1n) is 7.32. The summed E-state index contributed by atoms with van der Waals surface area (Å²) in [7, 11) is -3.39. The molecule has 0 radical (unpaired) electrons. The highest BCUT2D eigenvalue weighted by Gasteiger charge is 2.34. The summed E-state index contributed by atoms with van der Waals surface area (Å²) < 4.78 is 69.7. The predicted octanol–water partition coefficient (Wildman–Crippen LogP) is 1.88. The van der Waals surface area contributed by atoms with Gasteiger partial charge in [0.05, 0.1) is 18.0 Å². The SMILES string of the molecule is CS(=O)(=O)NC1CCN(c2cc(C(F)(F)F)cc(-c3cnco3)n2)C1. The largest absolute Gasteiger partial charge is 0.442 e. The Morgan fingerprint density at radius 2 is 2.12 bits per heavy atom. The van der Waals surface area contributed by atoms with Crippen molar-refractivity contribution in [3.8, 4) is 11.5 Å². The molecule has 1 atom stereocenters. The molecule has 0 amide bonds. The van der Waals surface area contributed by atoms with Crippen molar-refractivity contribution in [1.29, 1.82) is 0 Å². The topological polar surface area (TPSA) is 88.3 Å². The first-order chi connectivity index (χ1) is 11.6. The van der Waals surface area contributed by atoms with Crippen LogP contribution in [0.3, 0.4) is 0 Å². The number of alkyl halides is 3. The van der Waals surface area contributed by atoms with Crippen molar-refractivity contribution in [3.05, 3.63) is 30.3 Å². The van der Waals surface area contributed by atoms with Gasteiger partial charge < -0.3 is 9.32 Å². The zero-order valence-electron chi connectivity index (χ0n) is 13.1. The lowest BCUT2D eigenvalue weighted by molar-refractivity contribution is -0.137. The minimum absolute atomic E-state index is 0.0156. The van der Waals surface area contributed by atoms with Crippen molar-refractivity contribution in [2.45, 2.75) is 18.6 Å². The van der Waals surface area contributed by atoms with Gasteiger partial charge in [-0.3, -0.25) is 0 Å². The summed E-state index contributed by atoms with van der Waals surface area (Å²) in [5, 5.41) is 0. The summed E-state index contributed by atoms with van der Waals surface area (Å²) in [6.45, 7) is 0.620. The third kappa shape index (κ3) is 4.28. The summed E-state index contributed by atoms with van der Waals surface area (Å²) in [6, 6.07) is 1.47. The van der Waals surface area contributed by atoms with E-state index in [4.69, 9.17) is 4.42 Å². The van der Waals surface area contributed by atoms with Crippen LogP contribution in [0, 0.1) is 0 Å². The zero-order valence-corrected chi connectivity index (χ0v) is 13.9. The number of halogens is 3. The number of pyridine rings is 1. The first kappa shape index (κ1) is 17.7. The van der Waals surface area contributed by atoms with Gasteiger partial charge in [0, 0.05) is 19.1 Å². The molecule has 0 aromatic carbocycles. The van der Waals surface area contributed by atoms with Crippen LogP contribution in [-0.2, 0) is 16.2 Å². The Morgan fingerprint density at radius 3 is 2.72 bits per heavy atom. The van der Waals surface area contributed by atoms with Crippen LogP contribution in [0.2, 0.25) is 0 Å². The van der Waals surface area contributed by atoms with E-state index in [-0.39, 0.29) is 29.9 Å². The predicted molar refractivity (Wildman–Crippen MR) is 83.3 cm³/mol. The molecule has 0 saturated carbocycles. The van der Waals surface area contributed by atoms with Gasteiger partial charge in [0.2, 0.25) is 10.0 Å². The molecule has 2 aromatic heterocycles. The summed E-state index contributed by atoms with van der Waals surface area (Å²) >= 11 is 0. The zero-order chi connectivity index (χ0) is 18.2. The molecule has 3 heterocycles. The van der Waals surface area contributed by atoms with E-state index in [9.17, 15) is 21.6 Å². The van der Waals surface area contributed by atoms with Crippen LogP contribution in [0.25, 0.3) is 11.5 Å². The number of rotatable bonds is 4. The van der Waals surface area contributed by atoms with Crippen molar-refractivity contribution in [1.82, 2.24) is 14.7 Å². The highest BCUT2D eigenvalue weighted by molar-refractivity contribution is 7.88. The third-order valence-electron chi connectivity index (χ3n) is 3.72. The van der Waals surface area contributed by atoms with Gasteiger partial charge in [-0.15, -0.1) is 0 Å². The normalized spacial score (nSPS) is 18.7. The number of nitrogens with one attached hydrogen (secondary N) is 1. The second kappa shape index (κ2) is 6.30. The summed E-state index contributed by atoms with van der Waals surface area (Å²) in [6.07, 6.45) is -0.636. The molecule has 1 aliphatic heterocycles. The maximum absolute atomic E-state index is 13.2. The molecule has 0 bridgehead atoms. The average Bonchev–Trinajstić information content (AvgIpc) is 3.15. The van der Waals surface area contributed by atoms with Crippen LogP contribution in [0.5, 0.6) is 0 Å². The van der Waals surface area contributed by atoms with E-state index >= 15 is 0 Å². The van der Waals surface area contributed by atoms with E-state index in [2.05, 4.69) is 14.7 Å². The van der Waals surface area contributed by atoms with E-state index in [1.54, 1.807) is 4.90 Å². The molecule has 1 fully saturated rings. The average molecular weight is 376 g/mol. The minimum Gasteiger partial charge on any atom is -0.442 e. The number of hydrogen-bond donors (Lipinski definition) is 1. The van der Waals surface area contributed by atoms with Crippen LogP contribution in [0.15, 0.2) is 29.1 Å². The van der Waals surface area contributed by atoms with E-state index < -0.39 is 21.8 Å². The van der Waals surface area contributed by atoms with Crippen molar-refractivity contribution >= 4 is 15.8 Å². The number of oxazole rings is 1. The maximum Gasteiger partial charge on any atom is 0.416 e. The molecule has 1 aliphatic rings. The van der Waals surface area contributed by atoms with Gasteiger partial charge in [-0.2, -0.15) is 13.2 Å². The number of sulfonamides is 1. The van der Waals surface area contributed by atoms with Crippen LogP contribution in [0.4, 0.5) is 19.0 Å². The lowest BCUT2D eigenvalue weighted by atomic mass is 10.2. The smallest absolute Gasteiger partial charge is 0.416 e. The molecule has 7 nitrogen and oxygen atoms in total. The molecule has 0 spiro atoms. The van der Waals surface area contributed by atoms with Crippen LogP contribution in [-0.4, -0.2) is 43.8 Å². The Hall–Kier alpha value is -2.14. The second-order valence-electron chi connectivity index (χ2n) is 5.78. The lowest BCUT2D eigenvalue weighted by Crippen LogP contribution is -2.36. The van der Waals surface area contributed by atoms with Gasteiger partial charge in [0.25, 0.3) is 0 Å². The molecular formula is C14H15F3N4O3S. The minimum atomic E-state index is -4.55. The Labute approximate surface area is 141 Å². The van der Waals surface area contributed by atoms with E-state index in [1.165, 1.54) is 6.20 Å². The fraction of sp³-hybridized carbons (Fsp3) is 0.429. The van der Waals surface area contributed by atoms with Crippen molar-refractivity contribution in [2.24, 2.45) is 0 Å². The number of anilines is 1. The first-order valence-corrected chi connectivity index (χ1v) is 9.21. The van der Waals surface area contributed by atoms with Gasteiger partial charge in [-0.1, -0.05) is 0 Å². The van der Waals surface area contributed by atoms with Crippen molar-refractivity contribution < 1.29 is 26.0 Å². The number of nitrogens with zero attached hydrogens (tertiary/aromatic N) is 3.